The van der Waals surface area contributed by atoms with E-state index in [2.05, 4.69) is 11.1 Å². The molecule has 1 aliphatic rings. The zero-order valence-corrected chi connectivity index (χ0v) is 15.5. The van der Waals surface area contributed by atoms with Crippen LogP contribution in [0.15, 0.2) is 40.9 Å². The van der Waals surface area contributed by atoms with Crippen molar-refractivity contribution in [3.05, 3.63) is 58.4 Å². The fourth-order valence-corrected chi connectivity index (χ4v) is 3.63. The minimum atomic E-state index is -0.138. The third kappa shape index (κ3) is 3.00. The molecule has 0 bridgehead atoms. The van der Waals surface area contributed by atoms with Crippen LogP contribution in [-0.2, 0) is 0 Å². The molecule has 27 heavy (non-hydrogen) atoms. The average Bonchev–Trinajstić information content (AvgIpc) is 3.05. The highest BCUT2D eigenvalue weighted by Crippen LogP contribution is 2.31. The molecule has 1 aromatic carbocycles. The summed E-state index contributed by atoms with van der Waals surface area (Å²) in [5, 5.41) is 10.6. The van der Waals surface area contributed by atoms with Gasteiger partial charge in [-0.05, 0) is 25.1 Å². The number of benzene rings is 1. The van der Waals surface area contributed by atoms with E-state index in [1.807, 2.05) is 24.0 Å². The molecule has 3 aromatic rings. The Bertz CT molecular complexity index is 1060. The van der Waals surface area contributed by atoms with Crippen molar-refractivity contribution in [2.24, 2.45) is 0 Å². The zero-order valence-electron chi connectivity index (χ0n) is 14.8. The lowest BCUT2D eigenvalue weighted by Gasteiger charge is -2.35. The Hall–Kier alpha value is -3.04. The van der Waals surface area contributed by atoms with Crippen LogP contribution in [0.5, 0.6) is 0 Å². The standard InChI is InChI=1S/C20H17ClN4O2/c1-13-15-5-2-6-16(21)18(15)27-17(13)20(26)25-10-8-24(9-11-25)19-14(12-22)4-3-7-23-19/h2-7H,8-11H2,1H3. The first-order valence-electron chi connectivity index (χ1n) is 8.67. The van der Waals surface area contributed by atoms with Crippen molar-refractivity contribution in [1.82, 2.24) is 9.88 Å². The molecular formula is C20H17ClN4O2. The van der Waals surface area contributed by atoms with E-state index >= 15 is 0 Å². The normalized spacial score (nSPS) is 14.4. The Morgan fingerprint density at radius 2 is 2.00 bits per heavy atom. The van der Waals surface area contributed by atoms with Gasteiger partial charge in [-0.25, -0.2) is 4.98 Å². The maximum absolute atomic E-state index is 13.0. The SMILES string of the molecule is Cc1c(C(=O)N2CCN(c3ncccc3C#N)CC2)oc2c(Cl)cccc12. The number of rotatable bonds is 2. The van der Waals surface area contributed by atoms with E-state index in [-0.39, 0.29) is 5.91 Å². The number of hydrogen-bond acceptors (Lipinski definition) is 5. The molecule has 1 aliphatic heterocycles. The predicted octanol–water partition coefficient (Wildman–Crippen LogP) is 3.62. The van der Waals surface area contributed by atoms with Crippen molar-refractivity contribution >= 4 is 34.3 Å². The topological polar surface area (TPSA) is 73.4 Å². The second-order valence-corrected chi connectivity index (χ2v) is 6.85. The van der Waals surface area contributed by atoms with Crippen molar-refractivity contribution in [1.29, 1.82) is 5.26 Å². The van der Waals surface area contributed by atoms with Gasteiger partial charge in [0.2, 0.25) is 0 Å². The second kappa shape index (κ2) is 6.93. The minimum Gasteiger partial charge on any atom is -0.449 e. The van der Waals surface area contributed by atoms with Crippen LogP contribution >= 0.6 is 11.6 Å². The van der Waals surface area contributed by atoms with E-state index in [1.165, 1.54) is 0 Å². The van der Waals surface area contributed by atoms with E-state index in [1.54, 1.807) is 29.3 Å². The molecule has 0 aliphatic carbocycles. The van der Waals surface area contributed by atoms with Gasteiger partial charge in [0.05, 0.1) is 10.6 Å². The molecule has 136 valence electrons. The maximum Gasteiger partial charge on any atom is 0.290 e. The molecule has 0 spiro atoms. The van der Waals surface area contributed by atoms with Gasteiger partial charge < -0.3 is 14.2 Å². The van der Waals surface area contributed by atoms with E-state index < -0.39 is 0 Å². The third-order valence-corrected chi connectivity index (χ3v) is 5.18. The van der Waals surface area contributed by atoms with Gasteiger partial charge in [-0.3, -0.25) is 4.79 Å². The summed E-state index contributed by atoms with van der Waals surface area (Å²) in [6, 6.07) is 11.2. The zero-order chi connectivity index (χ0) is 19.0. The molecule has 0 unspecified atom stereocenters. The van der Waals surface area contributed by atoms with Crippen molar-refractivity contribution < 1.29 is 9.21 Å². The fraction of sp³-hybridized carbons (Fsp3) is 0.250. The summed E-state index contributed by atoms with van der Waals surface area (Å²) in [5.41, 5.74) is 1.89. The number of pyridine rings is 1. The number of amides is 1. The number of nitriles is 1. The number of carbonyl (C=O) groups is 1. The Kier molecular flexibility index (Phi) is 4.46. The number of para-hydroxylation sites is 1. The fourth-order valence-electron chi connectivity index (χ4n) is 3.41. The van der Waals surface area contributed by atoms with Crippen LogP contribution < -0.4 is 4.90 Å². The molecule has 3 heterocycles. The van der Waals surface area contributed by atoms with Crippen LogP contribution in [0.3, 0.4) is 0 Å². The van der Waals surface area contributed by atoms with Crippen LogP contribution in [0.4, 0.5) is 5.82 Å². The molecule has 1 amide bonds. The number of piperazine rings is 1. The molecular weight excluding hydrogens is 364 g/mol. The number of anilines is 1. The molecule has 0 saturated carbocycles. The van der Waals surface area contributed by atoms with Crippen molar-refractivity contribution in [2.45, 2.75) is 6.92 Å². The Morgan fingerprint density at radius 3 is 2.70 bits per heavy atom. The van der Waals surface area contributed by atoms with Gasteiger partial charge in [0.15, 0.2) is 11.3 Å². The van der Waals surface area contributed by atoms with Gasteiger partial charge in [-0.1, -0.05) is 23.7 Å². The Labute approximate surface area is 161 Å². The summed E-state index contributed by atoms with van der Waals surface area (Å²) >= 11 is 6.19. The summed E-state index contributed by atoms with van der Waals surface area (Å²) in [6.45, 7) is 4.16. The quantitative estimate of drug-likeness (QED) is 0.678. The molecule has 0 radical (unpaired) electrons. The average molecular weight is 381 g/mol. The predicted molar refractivity (Wildman–Crippen MR) is 103 cm³/mol. The lowest BCUT2D eigenvalue weighted by molar-refractivity contribution is 0.0716. The number of hydrogen-bond donors (Lipinski definition) is 0. The number of halogens is 1. The van der Waals surface area contributed by atoms with E-state index in [4.69, 9.17) is 16.0 Å². The number of carbonyl (C=O) groups excluding carboxylic acids is 1. The lowest BCUT2D eigenvalue weighted by atomic mass is 10.1. The van der Waals surface area contributed by atoms with Gasteiger partial charge in [0.25, 0.3) is 5.91 Å². The molecule has 6 nitrogen and oxygen atoms in total. The van der Waals surface area contributed by atoms with Gasteiger partial charge in [0.1, 0.15) is 11.9 Å². The highest BCUT2D eigenvalue weighted by Gasteiger charge is 2.28. The first-order valence-corrected chi connectivity index (χ1v) is 9.05. The molecule has 0 atom stereocenters. The molecule has 4 rings (SSSR count). The van der Waals surface area contributed by atoms with E-state index in [9.17, 15) is 10.1 Å². The monoisotopic (exact) mass is 380 g/mol. The number of aromatic nitrogens is 1. The Balaban J connectivity index is 1.54. The molecule has 7 heteroatoms. The van der Waals surface area contributed by atoms with Gasteiger partial charge >= 0.3 is 0 Å². The first-order chi connectivity index (χ1) is 13.1. The number of nitrogens with zero attached hydrogens (tertiary/aromatic N) is 4. The van der Waals surface area contributed by atoms with Crippen LogP contribution in [-0.4, -0.2) is 42.0 Å². The van der Waals surface area contributed by atoms with Gasteiger partial charge in [-0.15, -0.1) is 0 Å². The van der Waals surface area contributed by atoms with Crippen molar-refractivity contribution in [3.8, 4) is 6.07 Å². The first kappa shape index (κ1) is 17.4. The van der Waals surface area contributed by atoms with Crippen LogP contribution in [0, 0.1) is 18.3 Å². The van der Waals surface area contributed by atoms with Crippen molar-refractivity contribution in [3.63, 3.8) is 0 Å². The summed E-state index contributed by atoms with van der Waals surface area (Å²) < 4.78 is 5.80. The molecule has 0 N–H and O–H groups in total. The van der Waals surface area contributed by atoms with Crippen LogP contribution in [0.1, 0.15) is 21.7 Å². The smallest absolute Gasteiger partial charge is 0.290 e. The number of fused-ring (bicyclic) bond motifs is 1. The van der Waals surface area contributed by atoms with E-state index in [0.717, 1.165) is 10.9 Å². The molecule has 2 aromatic heterocycles. The molecule has 1 fully saturated rings. The lowest BCUT2D eigenvalue weighted by Crippen LogP contribution is -2.49. The second-order valence-electron chi connectivity index (χ2n) is 6.44. The summed E-state index contributed by atoms with van der Waals surface area (Å²) in [4.78, 5) is 21.1. The van der Waals surface area contributed by atoms with Crippen LogP contribution in [0.2, 0.25) is 5.02 Å². The number of aryl methyl sites for hydroxylation is 1. The molecule has 1 saturated heterocycles. The van der Waals surface area contributed by atoms with Crippen molar-refractivity contribution in [2.75, 3.05) is 31.1 Å². The third-order valence-electron chi connectivity index (χ3n) is 4.88. The Morgan fingerprint density at radius 1 is 1.22 bits per heavy atom. The highest BCUT2D eigenvalue weighted by atomic mass is 35.5. The summed E-state index contributed by atoms with van der Waals surface area (Å²) in [6.07, 6.45) is 1.68. The summed E-state index contributed by atoms with van der Waals surface area (Å²) in [5.74, 6) is 0.863. The maximum atomic E-state index is 13.0. The minimum absolute atomic E-state index is 0.138. The van der Waals surface area contributed by atoms with Crippen LogP contribution in [0.25, 0.3) is 11.0 Å². The summed E-state index contributed by atoms with van der Waals surface area (Å²) in [7, 11) is 0. The highest BCUT2D eigenvalue weighted by molar-refractivity contribution is 6.35. The largest absolute Gasteiger partial charge is 0.449 e. The van der Waals surface area contributed by atoms with Gasteiger partial charge in [-0.2, -0.15) is 5.26 Å². The van der Waals surface area contributed by atoms with Gasteiger partial charge in [0, 0.05) is 43.3 Å². The number of furan rings is 1. The van der Waals surface area contributed by atoms with E-state index in [0.29, 0.717) is 53.9 Å².